The molecular formula is C6H13NO2. The Kier molecular flexibility index (Phi) is 5.46. The maximum atomic E-state index is 9.84. The SMILES string of the molecule is COC(CN)CCC=O. The predicted molar refractivity (Wildman–Crippen MR) is 35.1 cm³/mol. The van der Waals surface area contributed by atoms with Gasteiger partial charge < -0.3 is 15.3 Å². The smallest absolute Gasteiger partial charge is 0.120 e. The first-order valence-corrected chi connectivity index (χ1v) is 3.01. The first kappa shape index (κ1) is 8.59. The Hall–Kier alpha value is -0.410. The van der Waals surface area contributed by atoms with Crippen LogP contribution in [0.4, 0.5) is 0 Å². The van der Waals surface area contributed by atoms with E-state index in [-0.39, 0.29) is 6.10 Å². The maximum absolute atomic E-state index is 9.84. The van der Waals surface area contributed by atoms with Crippen molar-refractivity contribution >= 4 is 6.29 Å². The first-order chi connectivity index (χ1) is 4.35. The van der Waals surface area contributed by atoms with Crippen molar-refractivity contribution in [2.24, 2.45) is 5.73 Å². The molecule has 9 heavy (non-hydrogen) atoms. The minimum absolute atomic E-state index is 0.0511. The van der Waals surface area contributed by atoms with E-state index in [0.29, 0.717) is 13.0 Å². The van der Waals surface area contributed by atoms with Crippen molar-refractivity contribution in [3.8, 4) is 0 Å². The second-order valence-corrected chi connectivity index (χ2v) is 1.84. The Morgan fingerprint density at radius 2 is 2.44 bits per heavy atom. The van der Waals surface area contributed by atoms with Crippen LogP contribution in [0.25, 0.3) is 0 Å². The molecule has 0 aliphatic heterocycles. The van der Waals surface area contributed by atoms with E-state index in [1.165, 1.54) is 0 Å². The monoisotopic (exact) mass is 131 g/mol. The number of hydrogen-bond donors (Lipinski definition) is 1. The van der Waals surface area contributed by atoms with Crippen molar-refractivity contribution < 1.29 is 9.53 Å². The summed E-state index contributed by atoms with van der Waals surface area (Å²) >= 11 is 0. The summed E-state index contributed by atoms with van der Waals surface area (Å²) in [6, 6.07) is 0. The highest BCUT2D eigenvalue weighted by Crippen LogP contribution is 1.95. The van der Waals surface area contributed by atoms with Gasteiger partial charge in [0.25, 0.3) is 0 Å². The average Bonchev–Trinajstić information content (AvgIpc) is 1.91. The summed E-state index contributed by atoms with van der Waals surface area (Å²) in [6.07, 6.45) is 2.20. The molecule has 0 fully saturated rings. The van der Waals surface area contributed by atoms with Crippen LogP contribution in [0, 0.1) is 0 Å². The summed E-state index contributed by atoms with van der Waals surface area (Å²) < 4.78 is 4.92. The molecule has 0 rings (SSSR count). The number of ether oxygens (including phenoxy) is 1. The maximum Gasteiger partial charge on any atom is 0.120 e. The standard InChI is InChI=1S/C6H13NO2/c1-9-6(5-7)3-2-4-8/h4,6H,2-3,5,7H2,1H3. The van der Waals surface area contributed by atoms with Crippen molar-refractivity contribution in [2.75, 3.05) is 13.7 Å². The lowest BCUT2D eigenvalue weighted by Gasteiger charge is -2.09. The fraction of sp³-hybridized carbons (Fsp3) is 0.833. The molecule has 0 aliphatic carbocycles. The van der Waals surface area contributed by atoms with Crippen LogP contribution in [0.2, 0.25) is 0 Å². The first-order valence-electron chi connectivity index (χ1n) is 3.01. The zero-order valence-corrected chi connectivity index (χ0v) is 5.67. The van der Waals surface area contributed by atoms with Gasteiger partial charge in [0.2, 0.25) is 0 Å². The van der Waals surface area contributed by atoms with Gasteiger partial charge in [-0.3, -0.25) is 0 Å². The number of aldehydes is 1. The molecule has 54 valence electrons. The molecule has 3 heteroatoms. The molecule has 0 saturated heterocycles. The van der Waals surface area contributed by atoms with Crippen LogP contribution in [0.15, 0.2) is 0 Å². The highest BCUT2D eigenvalue weighted by molar-refractivity contribution is 5.49. The third-order valence-corrected chi connectivity index (χ3v) is 1.20. The molecule has 0 bridgehead atoms. The average molecular weight is 131 g/mol. The zero-order valence-electron chi connectivity index (χ0n) is 5.67. The number of methoxy groups -OCH3 is 1. The van der Waals surface area contributed by atoms with Gasteiger partial charge in [-0.15, -0.1) is 0 Å². The van der Waals surface area contributed by atoms with E-state index in [9.17, 15) is 4.79 Å². The van der Waals surface area contributed by atoms with Gasteiger partial charge in [-0.2, -0.15) is 0 Å². The second-order valence-electron chi connectivity index (χ2n) is 1.84. The van der Waals surface area contributed by atoms with Crippen molar-refractivity contribution in [1.82, 2.24) is 0 Å². The van der Waals surface area contributed by atoms with E-state index in [1.807, 2.05) is 0 Å². The highest BCUT2D eigenvalue weighted by atomic mass is 16.5. The number of carbonyl (C=O) groups is 1. The molecule has 0 heterocycles. The number of nitrogens with two attached hydrogens (primary N) is 1. The molecule has 1 unspecified atom stereocenters. The van der Waals surface area contributed by atoms with Crippen LogP contribution in [0.1, 0.15) is 12.8 Å². The molecule has 1 atom stereocenters. The fourth-order valence-corrected chi connectivity index (χ4v) is 0.586. The van der Waals surface area contributed by atoms with Crippen molar-refractivity contribution in [3.05, 3.63) is 0 Å². The molecule has 3 nitrogen and oxygen atoms in total. The molecule has 0 aliphatic rings. The van der Waals surface area contributed by atoms with Crippen molar-refractivity contribution in [3.63, 3.8) is 0 Å². The quantitative estimate of drug-likeness (QED) is 0.532. The normalized spacial score (nSPS) is 13.1. The van der Waals surface area contributed by atoms with Gasteiger partial charge in [0, 0.05) is 20.1 Å². The van der Waals surface area contributed by atoms with Gasteiger partial charge in [0.1, 0.15) is 6.29 Å². The molecule has 0 aromatic heterocycles. The largest absolute Gasteiger partial charge is 0.380 e. The van der Waals surface area contributed by atoms with Gasteiger partial charge >= 0.3 is 0 Å². The van der Waals surface area contributed by atoms with E-state index >= 15 is 0 Å². The lowest BCUT2D eigenvalue weighted by molar-refractivity contribution is -0.108. The number of carbonyl (C=O) groups excluding carboxylic acids is 1. The van der Waals surface area contributed by atoms with E-state index < -0.39 is 0 Å². The molecule has 2 N–H and O–H groups in total. The Morgan fingerprint density at radius 1 is 1.78 bits per heavy atom. The summed E-state index contributed by atoms with van der Waals surface area (Å²) in [7, 11) is 1.60. The molecule has 0 aromatic carbocycles. The minimum atomic E-state index is 0.0511. The fourth-order valence-electron chi connectivity index (χ4n) is 0.586. The van der Waals surface area contributed by atoms with E-state index in [4.69, 9.17) is 10.5 Å². The third kappa shape index (κ3) is 4.12. The van der Waals surface area contributed by atoms with Crippen LogP contribution in [-0.4, -0.2) is 26.0 Å². The summed E-state index contributed by atoms with van der Waals surface area (Å²) in [4.78, 5) is 9.84. The Morgan fingerprint density at radius 3 is 2.78 bits per heavy atom. The van der Waals surface area contributed by atoms with Crippen LogP contribution < -0.4 is 5.73 Å². The topological polar surface area (TPSA) is 52.3 Å². The van der Waals surface area contributed by atoms with E-state index in [1.54, 1.807) is 7.11 Å². The molecular weight excluding hydrogens is 118 g/mol. The van der Waals surface area contributed by atoms with Gasteiger partial charge in [0.05, 0.1) is 6.10 Å². The van der Waals surface area contributed by atoms with Crippen LogP contribution >= 0.6 is 0 Å². The predicted octanol–water partition coefficient (Wildman–Crippen LogP) is -0.0608. The Bertz CT molecular complexity index is 71.5. The van der Waals surface area contributed by atoms with Gasteiger partial charge in [-0.25, -0.2) is 0 Å². The molecule has 0 amide bonds. The molecule has 0 saturated carbocycles. The Balaban J connectivity index is 3.19. The van der Waals surface area contributed by atoms with Gasteiger partial charge in [0.15, 0.2) is 0 Å². The number of hydrogen-bond acceptors (Lipinski definition) is 3. The number of rotatable bonds is 5. The lowest BCUT2D eigenvalue weighted by Crippen LogP contribution is -2.22. The molecule has 0 radical (unpaired) electrons. The Labute approximate surface area is 55.2 Å². The van der Waals surface area contributed by atoms with Crippen LogP contribution in [0.3, 0.4) is 0 Å². The highest BCUT2D eigenvalue weighted by Gasteiger charge is 2.01. The summed E-state index contributed by atoms with van der Waals surface area (Å²) in [5.74, 6) is 0. The van der Waals surface area contributed by atoms with E-state index in [2.05, 4.69) is 0 Å². The lowest BCUT2D eigenvalue weighted by atomic mass is 10.2. The second kappa shape index (κ2) is 5.72. The minimum Gasteiger partial charge on any atom is -0.380 e. The van der Waals surface area contributed by atoms with E-state index in [0.717, 1.165) is 12.7 Å². The van der Waals surface area contributed by atoms with Crippen molar-refractivity contribution in [1.29, 1.82) is 0 Å². The summed E-state index contributed by atoms with van der Waals surface area (Å²) in [5.41, 5.74) is 5.28. The van der Waals surface area contributed by atoms with Crippen LogP contribution in [0.5, 0.6) is 0 Å². The van der Waals surface area contributed by atoms with Crippen LogP contribution in [-0.2, 0) is 9.53 Å². The van der Waals surface area contributed by atoms with Gasteiger partial charge in [-0.05, 0) is 6.42 Å². The summed E-state index contributed by atoms with van der Waals surface area (Å²) in [5, 5.41) is 0. The third-order valence-electron chi connectivity index (χ3n) is 1.20. The molecule has 0 aromatic rings. The van der Waals surface area contributed by atoms with Gasteiger partial charge in [-0.1, -0.05) is 0 Å². The molecule has 0 spiro atoms. The zero-order chi connectivity index (χ0) is 7.11. The summed E-state index contributed by atoms with van der Waals surface area (Å²) in [6.45, 7) is 0.490. The van der Waals surface area contributed by atoms with Crippen molar-refractivity contribution in [2.45, 2.75) is 18.9 Å².